The Morgan fingerprint density at radius 3 is 3.00 bits per heavy atom. The lowest BCUT2D eigenvalue weighted by Crippen LogP contribution is -2.48. The summed E-state index contributed by atoms with van der Waals surface area (Å²) in [4.78, 5) is 13.1. The topological polar surface area (TPSA) is 78.6 Å². The number of primary amides is 1. The van der Waals surface area contributed by atoms with Gasteiger partial charge in [0.25, 0.3) is 0 Å². The summed E-state index contributed by atoms with van der Waals surface area (Å²) in [5.74, 6) is 0.0326. The van der Waals surface area contributed by atoms with Gasteiger partial charge in [-0.3, -0.25) is 4.79 Å². The van der Waals surface area contributed by atoms with E-state index in [1.165, 1.54) is 13.0 Å². The van der Waals surface area contributed by atoms with Crippen molar-refractivity contribution in [3.8, 4) is 0 Å². The SMILES string of the molecule is NC(=O)C(O)CNC1CCN2CCC1C2. The summed E-state index contributed by atoms with van der Waals surface area (Å²) in [6.07, 6.45) is 1.28. The fourth-order valence-electron chi connectivity index (χ4n) is 2.58. The molecule has 2 saturated heterocycles. The molecule has 0 radical (unpaired) electrons. The number of nitrogens with one attached hydrogen (secondary N) is 1. The smallest absolute Gasteiger partial charge is 0.247 e. The minimum Gasteiger partial charge on any atom is -0.382 e. The molecule has 0 aromatic rings. The maximum atomic E-state index is 10.7. The molecule has 4 atom stereocenters. The molecule has 4 unspecified atom stereocenters. The van der Waals surface area contributed by atoms with Gasteiger partial charge in [0.1, 0.15) is 6.10 Å². The van der Waals surface area contributed by atoms with Crippen LogP contribution < -0.4 is 11.1 Å². The van der Waals surface area contributed by atoms with Gasteiger partial charge in [0.2, 0.25) is 5.91 Å². The van der Waals surface area contributed by atoms with Crippen molar-refractivity contribution in [3.63, 3.8) is 0 Å². The summed E-state index contributed by atoms with van der Waals surface area (Å²) >= 11 is 0. The Labute approximate surface area is 89.6 Å². The van der Waals surface area contributed by atoms with E-state index < -0.39 is 12.0 Å². The molecule has 2 fully saturated rings. The van der Waals surface area contributed by atoms with Crippen LogP contribution in [0.4, 0.5) is 0 Å². The predicted octanol–water partition coefficient (Wildman–Crippen LogP) is -1.48. The third-order valence-electron chi connectivity index (χ3n) is 3.54. The quantitative estimate of drug-likeness (QED) is 0.532. The summed E-state index contributed by atoms with van der Waals surface area (Å²) in [5.41, 5.74) is 4.99. The highest BCUT2D eigenvalue weighted by atomic mass is 16.3. The highest BCUT2D eigenvalue weighted by molar-refractivity contribution is 5.78. The predicted molar refractivity (Wildman–Crippen MR) is 56.2 cm³/mol. The zero-order valence-electron chi connectivity index (χ0n) is 8.85. The molecule has 0 saturated carbocycles. The molecular formula is C10H19N3O2. The van der Waals surface area contributed by atoms with E-state index >= 15 is 0 Å². The highest BCUT2D eigenvalue weighted by Gasteiger charge is 2.34. The lowest BCUT2D eigenvalue weighted by Gasteiger charge is -2.31. The van der Waals surface area contributed by atoms with Gasteiger partial charge < -0.3 is 21.1 Å². The number of nitrogens with two attached hydrogens (primary N) is 1. The van der Waals surface area contributed by atoms with Crippen LogP contribution in [0.2, 0.25) is 0 Å². The van der Waals surface area contributed by atoms with Crippen molar-refractivity contribution in [2.24, 2.45) is 11.7 Å². The van der Waals surface area contributed by atoms with Crippen LogP contribution >= 0.6 is 0 Å². The molecule has 2 heterocycles. The molecule has 0 aromatic carbocycles. The van der Waals surface area contributed by atoms with Crippen LogP contribution in [0.1, 0.15) is 12.8 Å². The lowest BCUT2D eigenvalue weighted by atomic mass is 9.94. The molecule has 86 valence electrons. The third-order valence-corrected chi connectivity index (χ3v) is 3.54. The first kappa shape index (κ1) is 10.9. The Morgan fingerprint density at radius 1 is 1.53 bits per heavy atom. The van der Waals surface area contributed by atoms with Crippen LogP contribution in [0, 0.1) is 5.92 Å². The highest BCUT2D eigenvalue weighted by Crippen LogP contribution is 2.26. The minimum absolute atomic E-state index is 0.288. The number of hydrogen-bond acceptors (Lipinski definition) is 4. The summed E-state index contributed by atoms with van der Waals surface area (Å²) in [6.45, 7) is 3.77. The molecule has 5 nitrogen and oxygen atoms in total. The number of carbonyl (C=O) groups is 1. The number of aliphatic hydroxyl groups excluding tert-OH is 1. The van der Waals surface area contributed by atoms with Crippen molar-refractivity contribution < 1.29 is 9.90 Å². The van der Waals surface area contributed by atoms with Crippen LogP contribution in [-0.4, -0.2) is 54.2 Å². The number of aliphatic hydroxyl groups is 1. The molecule has 2 aliphatic rings. The molecule has 0 spiro atoms. The number of carbonyl (C=O) groups excluding carboxylic acids is 1. The van der Waals surface area contributed by atoms with Gasteiger partial charge in [0, 0.05) is 19.1 Å². The van der Waals surface area contributed by atoms with Crippen LogP contribution in [0.5, 0.6) is 0 Å². The van der Waals surface area contributed by atoms with Gasteiger partial charge in [-0.25, -0.2) is 0 Å². The van der Waals surface area contributed by atoms with Crippen molar-refractivity contribution >= 4 is 5.91 Å². The molecule has 4 N–H and O–H groups in total. The van der Waals surface area contributed by atoms with E-state index in [0.29, 0.717) is 12.0 Å². The molecule has 2 rings (SSSR count). The van der Waals surface area contributed by atoms with E-state index in [2.05, 4.69) is 10.2 Å². The second-order valence-corrected chi connectivity index (χ2v) is 4.57. The number of rotatable bonds is 4. The zero-order chi connectivity index (χ0) is 10.8. The maximum absolute atomic E-state index is 10.7. The van der Waals surface area contributed by atoms with E-state index in [4.69, 9.17) is 5.73 Å². The third kappa shape index (κ3) is 2.48. The number of nitrogens with zero attached hydrogens (tertiary/aromatic N) is 1. The summed E-state index contributed by atoms with van der Waals surface area (Å²) in [7, 11) is 0. The first-order valence-electron chi connectivity index (χ1n) is 5.60. The Kier molecular flexibility index (Phi) is 3.23. The minimum atomic E-state index is -1.05. The van der Waals surface area contributed by atoms with Crippen LogP contribution in [0.15, 0.2) is 0 Å². The molecule has 0 aliphatic carbocycles. The average molecular weight is 213 g/mol. The fraction of sp³-hybridized carbons (Fsp3) is 0.900. The lowest BCUT2D eigenvalue weighted by molar-refractivity contribution is -0.125. The maximum Gasteiger partial charge on any atom is 0.247 e. The van der Waals surface area contributed by atoms with Gasteiger partial charge in [-0.1, -0.05) is 0 Å². The van der Waals surface area contributed by atoms with Crippen LogP contribution in [-0.2, 0) is 4.79 Å². The van der Waals surface area contributed by atoms with Gasteiger partial charge in [-0.05, 0) is 31.8 Å². The zero-order valence-corrected chi connectivity index (χ0v) is 8.85. The standard InChI is InChI=1S/C10H19N3O2/c11-10(15)9(14)5-12-8-2-4-13-3-1-7(8)6-13/h7-9,12,14H,1-6H2,(H2,11,15). The summed E-state index contributed by atoms with van der Waals surface area (Å²) in [6, 6.07) is 0.442. The second kappa shape index (κ2) is 4.47. The number of hydrogen-bond donors (Lipinski definition) is 3. The molecule has 1 amide bonds. The Balaban J connectivity index is 1.77. The van der Waals surface area contributed by atoms with Crippen molar-refractivity contribution in [2.45, 2.75) is 25.0 Å². The molecule has 5 heteroatoms. The molecular weight excluding hydrogens is 194 g/mol. The molecule has 2 aliphatic heterocycles. The largest absolute Gasteiger partial charge is 0.382 e. The average Bonchev–Trinajstić information content (AvgIpc) is 2.59. The first-order valence-corrected chi connectivity index (χ1v) is 5.60. The van der Waals surface area contributed by atoms with E-state index in [9.17, 15) is 9.90 Å². The Hall–Kier alpha value is -0.650. The number of amides is 1. The van der Waals surface area contributed by atoms with Gasteiger partial charge >= 0.3 is 0 Å². The van der Waals surface area contributed by atoms with E-state index in [-0.39, 0.29) is 6.54 Å². The molecule has 0 aromatic heterocycles. The van der Waals surface area contributed by atoms with Crippen LogP contribution in [0.3, 0.4) is 0 Å². The Morgan fingerprint density at radius 2 is 2.27 bits per heavy atom. The normalized spacial score (nSPS) is 36.5. The monoisotopic (exact) mass is 213 g/mol. The summed E-state index contributed by atoms with van der Waals surface area (Å²) in [5, 5.41) is 12.5. The van der Waals surface area contributed by atoms with E-state index in [1.807, 2.05) is 0 Å². The van der Waals surface area contributed by atoms with E-state index in [0.717, 1.165) is 19.5 Å². The van der Waals surface area contributed by atoms with Gasteiger partial charge in [-0.15, -0.1) is 0 Å². The first-order chi connectivity index (χ1) is 7.16. The number of fused-ring (bicyclic) bond motifs is 2. The summed E-state index contributed by atoms with van der Waals surface area (Å²) < 4.78 is 0. The van der Waals surface area contributed by atoms with Crippen molar-refractivity contribution in [2.75, 3.05) is 26.2 Å². The second-order valence-electron chi connectivity index (χ2n) is 4.57. The molecule has 2 bridgehead atoms. The number of piperidine rings is 1. The fourth-order valence-corrected chi connectivity index (χ4v) is 2.58. The van der Waals surface area contributed by atoms with Gasteiger partial charge in [0.15, 0.2) is 0 Å². The van der Waals surface area contributed by atoms with Crippen molar-refractivity contribution in [1.29, 1.82) is 0 Å². The van der Waals surface area contributed by atoms with Gasteiger partial charge in [-0.2, -0.15) is 0 Å². The van der Waals surface area contributed by atoms with Crippen LogP contribution in [0.25, 0.3) is 0 Å². The van der Waals surface area contributed by atoms with E-state index in [1.54, 1.807) is 0 Å². The Bertz CT molecular complexity index is 247. The van der Waals surface area contributed by atoms with Crippen molar-refractivity contribution in [3.05, 3.63) is 0 Å². The molecule has 15 heavy (non-hydrogen) atoms. The van der Waals surface area contributed by atoms with Crippen molar-refractivity contribution in [1.82, 2.24) is 10.2 Å². The van der Waals surface area contributed by atoms with Gasteiger partial charge in [0.05, 0.1) is 0 Å².